The number of rotatable bonds is 1. The summed E-state index contributed by atoms with van der Waals surface area (Å²) in [4.78, 5) is 0. The SMILES string of the molecule is CS(=O)(=O)C=C1CCNC(C#N)N1. The van der Waals surface area contributed by atoms with E-state index in [0.29, 0.717) is 18.7 Å². The maximum absolute atomic E-state index is 10.9. The van der Waals surface area contributed by atoms with Crippen LogP contribution in [0.2, 0.25) is 0 Å². The molecule has 0 aromatic heterocycles. The van der Waals surface area contributed by atoms with E-state index in [9.17, 15) is 8.42 Å². The Bertz CT molecular complexity index is 352. The van der Waals surface area contributed by atoms with Gasteiger partial charge in [0, 0.05) is 30.3 Å². The molecule has 0 aromatic rings. The normalized spacial score (nSPS) is 26.5. The van der Waals surface area contributed by atoms with Crippen molar-refractivity contribution in [1.29, 1.82) is 5.26 Å². The van der Waals surface area contributed by atoms with Crippen molar-refractivity contribution in [3.05, 3.63) is 11.1 Å². The maximum atomic E-state index is 10.9. The Morgan fingerprint density at radius 2 is 2.38 bits per heavy atom. The molecule has 1 aliphatic rings. The van der Waals surface area contributed by atoms with Crippen LogP contribution in [-0.2, 0) is 9.84 Å². The molecule has 0 aliphatic carbocycles. The van der Waals surface area contributed by atoms with Gasteiger partial charge in [-0.1, -0.05) is 0 Å². The largest absolute Gasteiger partial charge is 0.361 e. The molecule has 0 radical (unpaired) electrons. The van der Waals surface area contributed by atoms with E-state index in [-0.39, 0.29) is 0 Å². The zero-order chi connectivity index (χ0) is 9.90. The highest BCUT2D eigenvalue weighted by Gasteiger charge is 2.14. The van der Waals surface area contributed by atoms with Crippen molar-refractivity contribution in [3.63, 3.8) is 0 Å². The summed E-state index contributed by atoms with van der Waals surface area (Å²) in [5.74, 6) is 0. The zero-order valence-electron chi connectivity index (χ0n) is 7.24. The Labute approximate surface area is 77.4 Å². The molecule has 0 spiro atoms. The van der Waals surface area contributed by atoms with Crippen LogP contribution in [0.25, 0.3) is 0 Å². The molecule has 1 rings (SSSR count). The van der Waals surface area contributed by atoms with Gasteiger partial charge >= 0.3 is 0 Å². The Kier molecular flexibility index (Phi) is 2.90. The van der Waals surface area contributed by atoms with Crippen LogP contribution in [0.3, 0.4) is 0 Å². The summed E-state index contributed by atoms with van der Waals surface area (Å²) in [6.45, 7) is 0.618. The predicted molar refractivity (Wildman–Crippen MR) is 48.1 cm³/mol. The van der Waals surface area contributed by atoms with Gasteiger partial charge in [-0.15, -0.1) is 0 Å². The van der Waals surface area contributed by atoms with E-state index < -0.39 is 16.0 Å². The standard InChI is InChI=1S/C7H11N3O2S/c1-13(11,12)5-6-2-3-9-7(4-8)10-6/h5,7,9-10H,2-3H2,1H3. The van der Waals surface area contributed by atoms with Gasteiger partial charge in [-0.3, -0.25) is 5.32 Å². The molecule has 0 saturated carbocycles. The summed E-state index contributed by atoms with van der Waals surface area (Å²) >= 11 is 0. The van der Waals surface area contributed by atoms with E-state index >= 15 is 0 Å². The first-order valence-corrected chi connectivity index (χ1v) is 5.77. The van der Waals surface area contributed by atoms with Crippen LogP contribution >= 0.6 is 0 Å². The summed E-state index contributed by atoms with van der Waals surface area (Å²) in [5, 5.41) is 15.4. The lowest BCUT2D eigenvalue weighted by Gasteiger charge is -2.22. The Morgan fingerprint density at radius 1 is 1.69 bits per heavy atom. The zero-order valence-corrected chi connectivity index (χ0v) is 8.06. The third-order valence-corrected chi connectivity index (χ3v) is 2.27. The van der Waals surface area contributed by atoms with Gasteiger partial charge in [0.25, 0.3) is 0 Å². The van der Waals surface area contributed by atoms with E-state index in [0.717, 1.165) is 11.7 Å². The van der Waals surface area contributed by atoms with Crippen molar-refractivity contribution < 1.29 is 8.42 Å². The van der Waals surface area contributed by atoms with E-state index in [1.807, 2.05) is 6.07 Å². The van der Waals surface area contributed by atoms with Gasteiger partial charge in [0.05, 0.1) is 0 Å². The van der Waals surface area contributed by atoms with Crippen LogP contribution in [0.1, 0.15) is 6.42 Å². The lowest BCUT2D eigenvalue weighted by atomic mass is 10.2. The summed E-state index contributed by atoms with van der Waals surface area (Å²) in [6, 6.07) is 1.96. The number of nitrogens with zero attached hydrogens (tertiary/aromatic N) is 1. The lowest BCUT2D eigenvalue weighted by Crippen LogP contribution is -2.46. The fourth-order valence-electron chi connectivity index (χ4n) is 1.09. The van der Waals surface area contributed by atoms with E-state index in [1.54, 1.807) is 0 Å². The monoisotopic (exact) mass is 201 g/mol. The lowest BCUT2D eigenvalue weighted by molar-refractivity contribution is 0.483. The molecule has 1 unspecified atom stereocenters. The number of hydrogen-bond acceptors (Lipinski definition) is 5. The van der Waals surface area contributed by atoms with E-state index in [2.05, 4.69) is 10.6 Å². The van der Waals surface area contributed by atoms with Gasteiger partial charge in [-0.2, -0.15) is 5.26 Å². The van der Waals surface area contributed by atoms with Gasteiger partial charge in [0.15, 0.2) is 16.0 Å². The maximum Gasteiger partial charge on any atom is 0.170 e. The molecule has 72 valence electrons. The van der Waals surface area contributed by atoms with Gasteiger partial charge < -0.3 is 5.32 Å². The average Bonchev–Trinajstić information content (AvgIpc) is 2.01. The molecule has 1 aliphatic heterocycles. The van der Waals surface area contributed by atoms with Gasteiger partial charge in [-0.05, 0) is 0 Å². The quantitative estimate of drug-likeness (QED) is 0.586. The Balaban J connectivity index is 2.74. The van der Waals surface area contributed by atoms with Crippen molar-refractivity contribution >= 4 is 9.84 Å². The van der Waals surface area contributed by atoms with Crippen LogP contribution in [-0.4, -0.2) is 27.4 Å². The first kappa shape index (κ1) is 10.0. The van der Waals surface area contributed by atoms with Crippen molar-refractivity contribution in [2.75, 3.05) is 12.8 Å². The molecule has 5 nitrogen and oxygen atoms in total. The summed E-state index contributed by atoms with van der Waals surface area (Å²) in [7, 11) is -3.12. The second kappa shape index (κ2) is 3.77. The first-order chi connectivity index (χ1) is 6.01. The van der Waals surface area contributed by atoms with Gasteiger partial charge in [-0.25, -0.2) is 8.42 Å². The fraction of sp³-hybridized carbons (Fsp3) is 0.571. The van der Waals surface area contributed by atoms with E-state index in [1.165, 1.54) is 0 Å². The molecular weight excluding hydrogens is 190 g/mol. The van der Waals surface area contributed by atoms with Crippen molar-refractivity contribution in [3.8, 4) is 6.07 Å². The highest BCUT2D eigenvalue weighted by atomic mass is 32.2. The molecule has 2 N–H and O–H groups in total. The van der Waals surface area contributed by atoms with Crippen molar-refractivity contribution in [1.82, 2.24) is 10.6 Å². The first-order valence-electron chi connectivity index (χ1n) is 3.81. The molecule has 1 atom stereocenters. The Morgan fingerprint density at radius 3 is 2.92 bits per heavy atom. The summed E-state index contributed by atoms with van der Waals surface area (Å²) < 4.78 is 21.7. The van der Waals surface area contributed by atoms with Crippen LogP contribution in [0.15, 0.2) is 11.1 Å². The van der Waals surface area contributed by atoms with Gasteiger partial charge in [0.1, 0.15) is 6.07 Å². The molecule has 0 bridgehead atoms. The third-order valence-electron chi connectivity index (χ3n) is 1.56. The van der Waals surface area contributed by atoms with Crippen LogP contribution < -0.4 is 10.6 Å². The summed E-state index contributed by atoms with van der Waals surface area (Å²) in [5.41, 5.74) is 0.591. The number of nitriles is 1. The molecule has 0 aromatic carbocycles. The second-order valence-electron chi connectivity index (χ2n) is 2.88. The molecule has 0 amide bonds. The van der Waals surface area contributed by atoms with E-state index in [4.69, 9.17) is 5.26 Å². The average molecular weight is 201 g/mol. The molecule has 1 fully saturated rings. The van der Waals surface area contributed by atoms with Crippen molar-refractivity contribution in [2.45, 2.75) is 12.6 Å². The minimum absolute atomic E-state index is 0.484. The van der Waals surface area contributed by atoms with Crippen LogP contribution in [0, 0.1) is 11.3 Å². The number of sulfone groups is 1. The smallest absolute Gasteiger partial charge is 0.170 e. The molecule has 13 heavy (non-hydrogen) atoms. The number of hydrogen-bond donors (Lipinski definition) is 2. The highest BCUT2D eigenvalue weighted by molar-refractivity contribution is 7.93. The van der Waals surface area contributed by atoms with Gasteiger partial charge in [0.2, 0.25) is 0 Å². The highest BCUT2D eigenvalue weighted by Crippen LogP contribution is 2.04. The predicted octanol–water partition coefficient (Wildman–Crippen LogP) is -0.695. The molecular formula is C7H11N3O2S. The third kappa shape index (κ3) is 3.44. The minimum Gasteiger partial charge on any atom is -0.361 e. The summed E-state index contributed by atoms with van der Waals surface area (Å²) in [6.07, 6.45) is 1.25. The van der Waals surface area contributed by atoms with Crippen LogP contribution in [0.5, 0.6) is 0 Å². The second-order valence-corrected chi connectivity index (χ2v) is 4.78. The number of nitrogens with one attached hydrogen (secondary N) is 2. The molecule has 1 saturated heterocycles. The fourth-order valence-corrected chi connectivity index (χ4v) is 1.79. The van der Waals surface area contributed by atoms with Crippen molar-refractivity contribution in [2.24, 2.45) is 0 Å². The molecule has 6 heteroatoms. The Hall–Kier alpha value is -1.06. The molecule has 1 heterocycles. The topological polar surface area (TPSA) is 82.0 Å². The van der Waals surface area contributed by atoms with Crippen LogP contribution in [0.4, 0.5) is 0 Å². The minimum atomic E-state index is -3.12.